The van der Waals surface area contributed by atoms with E-state index in [1.807, 2.05) is 0 Å². The third-order valence-electron chi connectivity index (χ3n) is 3.52. The van der Waals surface area contributed by atoms with E-state index < -0.39 is 10.0 Å². The molecule has 0 saturated heterocycles. The molecule has 3 rings (SSSR count). The maximum absolute atomic E-state index is 12.1. The highest BCUT2D eigenvalue weighted by Gasteiger charge is 2.12. The number of rotatable bonds is 8. The average molecular weight is 434 g/mol. The smallest absolute Gasteiger partial charge is 0.277 e. The van der Waals surface area contributed by atoms with Gasteiger partial charge < -0.3 is 14.5 Å². The van der Waals surface area contributed by atoms with Gasteiger partial charge in [0, 0.05) is 23.0 Å². The molecule has 2 aromatic carbocycles. The van der Waals surface area contributed by atoms with E-state index in [-0.39, 0.29) is 22.8 Å². The SMILES string of the molecule is COc1cccc(NC(=O)CSc2nnc(-c3ccc(NS(C)(=O)=O)cc3)o2)c1. The summed E-state index contributed by atoms with van der Waals surface area (Å²) in [5, 5.41) is 10.9. The van der Waals surface area contributed by atoms with Gasteiger partial charge in [0.05, 0.1) is 19.1 Å². The normalized spacial score (nSPS) is 11.1. The summed E-state index contributed by atoms with van der Waals surface area (Å²) < 4.78 is 35.5. The standard InChI is InChI=1S/C18H18N4O5S2/c1-26-15-5-3-4-14(10-15)19-16(23)11-28-18-21-20-17(27-18)12-6-8-13(9-7-12)22-29(2,24)25/h3-10,22H,11H2,1-2H3,(H,19,23). The van der Waals surface area contributed by atoms with Crippen LogP contribution in [0.5, 0.6) is 5.75 Å². The highest BCUT2D eigenvalue weighted by Crippen LogP contribution is 2.25. The van der Waals surface area contributed by atoms with Crippen molar-refractivity contribution in [2.24, 2.45) is 0 Å². The van der Waals surface area contributed by atoms with Crippen LogP contribution < -0.4 is 14.8 Å². The number of hydrogen-bond donors (Lipinski definition) is 2. The lowest BCUT2D eigenvalue weighted by Gasteiger charge is -2.06. The molecule has 0 aliphatic rings. The zero-order valence-corrected chi connectivity index (χ0v) is 17.2. The molecule has 11 heteroatoms. The molecule has 0 spiro atoms. The summed E-state index contributed by atoms with van der Waals surface area (Å²) in [6.07, 6.45) is 1.08. The highest BCUT2D eigenvalue weighted by molar-refractivity contribution is 7.99. The molecule has 0 radical (unpaired) electrons. The third kappa shape index (κ3) is 6.22. The van der Waals surface area contributed by atoms with Crippen LogP contribution in [0.15, 0.2) is 58.2 Å². The monoisotopic (exact) mass is 434 g/mol. The first-order chi connectivity index (χ1) is 13.8. The number of nitrogens with one attached hydrogen (secondary N) is 2. The zero-order valence-electron chi connectivity index (χ0n) is 15.6. The number of nitrogens with zero attached hydrogens (tertiary/aromatic N) is 2. The summed E-state index contributed by atoms with van der Waals surface area (Å²) >= 11 is 1.11. The van der Waals surface area contributed by atoms with Crippen molar-refractivity contribution < 1.29 is 22.4 Å². The Kier molecular flexibility index (Phi) is 6.39. The second-order valence-electron chi connectivity index (χ2n) is 5.89. The number of hydrogen-bond acceptors (Lipinski definition) is 8. The molecule has 0 aliphatic heterocycles. The molecule has 1 heterocycles. The molecule has 0 fully saturated rings. The van der Waals surface area contributed by atoms with Crippen LogP contribution in [0.4, 0.5) is 11.4 Å². The molecule has 1 amide bonds. The van der Waals surface area contributed by atoms with E-state index in [0.29, 0.717) is 22.7 Å². The van der Waals surface area contributed by atoms with Crippen LogP contribution in [-0.4, -0.2) is 43.6 Å². The van der Waals surface area contributed by atoms with Crippen molar-refractivity contribution in [2.75, 3.05) is 29.2 Å². The van der Waals surface area contributed by atoms with Gasteiger partial charge in [0.2, 0.25) is 21.8 Å². The molecule has 0 atom stereocenters. The van der Waals surface area contributed by atoms with Crippen LogP contribution >= 0.6 is 11.8 Å². The van der Waals surface area contributed by atoms with Gasteiger partial charge in [0.25, 0.3) is 5.22 Å². The third-order valence-corrected chi connectivity index (χ3v) is 4.95. The maximum atomic E-state index is 12.1. The van der Waals surface area contributed by atoms with Crippen LogP contribution in [0, 0.1) is 0 Å². The molecule has 9 nitrogen and oxygen atoms in total. The van der Waals surface area contributed by atoms with Crippen molar-refractivity contribution in [3.8, 4) is 17.2 Å². The fourth-order valence-electron chi connectivity index (χ4n) is 2.30. The number of thioether (sulfide) groups is 1. The topological polar surface area (TPSA) is 123 Å². The van der Waals surface area contributed by atoms with Gasteiger partial charge in [0.15, 0.2) is 0 Å². The summed E-state index contributed by atoms with van der Waals surface area (Å²) in [6.45, 7) is 0. The molecule has 29 heavy (non-hydrogen) atoms. The minimum atomic E-state index is -3.34. The Bertz CT molecular complexity index is 1100. The predicted octanol–water partition coefficient (Wildman–Crippen LogP) is 2.85. The van der Waals surface area contributed by atoms with E-state index >= 15 is 0 Å². The number of benzene rings is 2. The molecular formula is C18H18N4O5S2. The van der Waals surface area contributed by atoms with Gasteiger partial charge in [-0.25, -0.2) is 8.42 Å². The molecule has 2 N–H and O–H groups in total. The summed E-state index contributed by atoms with van der Waals surface area (Å²) in [5.74, 6) is 0.788. The summed E-state index contributed by atoms with van der Waals surface area (Å²) in [6, 6.07) is 13.5. The number of carbonyl (C=O) groups is 1. The van der Waals surface area contributed by atoms with Crippen molar-refractivity contribution in [3.05, 3.63) is 48.5 Å². The van der Waals surface area contributed by atoms with Crippen molar-refractivity contribution in [1.29, 1.82) is 0 Å². The molecule has 0 aliphatic carbocycles. The fraction of sp³-hybridized carbons (Fsp3) is 0.167. The van der Waals surface area contributed by atoms with Gasteiger partial charge >= 0.3 is 0 Å². The number of amides is 1. The van der Waals surface area contributed by atoms with E-state index in [0.717, 1.165) is 18.0 Å². The van der Waals surface area contributed by atoms with Gasteiger partial charge in [-0.2, -0.15) is 0 Å². The number of anilines is 2. The van der Waals surface area contributed by atoms with Gasteiger partial charge in [0.1, 0.15) is 5.75 Å². The Hall–Kier alpha value is -3.05. The quantitative estimate of drug-likeness (QED) is 0.519. The van der Waals surface area contributed by atoms with Crippen LogP contribution in [0.25, 0.3) is 11.5 Å². The average Bonchev–Trinajstić information content (AvgIpc) is 3.15. The number of methoxy groups -OCH3 is 1. The van der Waals surface area contributed by atoms with Crippen molar-refractivity contribution in [2.45, 2.75) is 5.22 Å². The Morgan fingerprint density at radius 2 is 1.90 bits per heavy atom. The number of sulfonamides is 1. The second-order valence-corrected chi connectivity index (χ2v) is 8.57. The summed E-state index contributed by atoms with van der Waals surface area (Å²) in [5.41, 5.74) is 1.69. The lowest BCUT2D eigenvalue weighted by Crippen LogP contribution is -2.13. The highest BCUT2D eigenvalue weighted by atomic mass is 32.2. The van der Waals surface area contributed by atoms with E-state index in [4.69, 9.17) is 9.15 Å². The van der Waals surface area contributed by atoms with E-state index in [2.05, 4.69) is 20.2 Å². The predicted molar refractivity (Wildman–Crippen MR) is 111 cm³/mol. The first-order valence-electron chi connectivity index (χ1n) is 8.31. The number of aromatic nitrogens is 2. The largest absolute Gasteiger partial charge is 0.497 e. The van der Waals surface area contributed by atoms with Gasteiger partial charge in [-0.15, -0.1) is 10.2 Å². The molecule has 0 unspecified atom stereocenters. The Morgan fingerprint density at radius 1 is 1.14 bits per heavy atom. The lowest BCUT2D eigenvalue weighted by atomic mass is 10.2. The first kappa shape index (κ1) is 20.7. The van der Waals surface area contributed by atoms with Crippen LogP contribution in [0.3, 0.4) is 0 Å². The summed E-state index contributed by atoms with van der Waals surface area (Å²) in [4.78, 5) is 12.1. The van der Waals surface area contributed by atoms with Crippen molar-refractivity contribution in [1.82, 2.24) is 10.2 Å². The van der Waals surface area contributed by atoms with Crippen LogP contribution in [0.2, 0.25) is 0 Å². The minimum absolute atomic E-state index is 0.0933. The van der Waals surface area contributed by atoms with E-state index in [1.165, 1.54) is 0 Å². The molecule has 0 bridgehead atoms. The molecule has 1 aromatic heterocycles. The van der Waals surface area contributed by atoms with E-state index in [1.54, 1.807) is 55.6 Å². The Morgan fingerprint density at radius 3 is 2.59 bits per heavy atom. The van der Waals surface area contributed by atoms with E-state index in [9.17, 15) is 13.2 Å². The molecule has 152 valence electrons. The van der Waals surface area contributed by atoms with Gasteiger partial charge in [-0.1, -0.05) is 17.8 Å². The van der Waals surface area contributed by atoms with Crippen LogP contribution in [0.1, 0.15) is 0 Å². The van der Waals surface area contributed by atoms with Crippen LogP contribution in [-0.2, 0) is 14.8 Å². The summed E-state index contributed by atoms with van der Waals surface area (Å²) in [7, 11) is -1.79. The Balaban J connectivity index is 1.56. The zero-order chi connectivity index (χ0) is 20.9. The molecule has 0 saturated carbocycles. The maximum Gasteiger partial charge on any atom is 0.277 e. The first-order valence-corrected chi connectivity index (χ1v) is 11.2. The van der Waals surface area contributed by atoms with Gasteiger partial charge in [-0.05, 0) is 36.4 Å². The second kappa shape index (κ2) is 8.97. The Labute approximate surface area is 171 Å². The lowest BCUT2D eigenvalue weighted by molar-refractivity contribution is -0.113. The fourth-order valence-corrected chi connectivity index (χ4v) is 3.43. The van der Waals surface area contributed by atoms with Crippen molar-refractivity contribution >= 4 is 39.1 Å². The molecule has 3 aromatic rings. The van der Waals surface area contributed by atoms with Gasteiger partial charge in [-0.3, -0.25) is 9.52 Å². The molecular weight excluding hydrogens is 416 g/mol. The van der Waals surface area contributed by atoms with Crippen molar-refractivity contribution in [3.63, 3.8) is 0 Å². The number of ether oxygens (including phenoxy) is 1. The number of carbonyl (C=O) groups excluding carboxylic acids is 1. The minimum Gasteiger partial charge on any atom is -0.497 e.